The van der Waals surface area contributed by atoms with Crippen LogP contribution in [0.25, 0.3) is 5.76 Å². The van der Waals surface area contributed by atoms with E-state index in [0.717, 1.165) is 0 Å². The van der Waals surface area contributed by atoms with Gasteiger partial charge < -0.3 is 15.2 Å². The Labute approximate surface area is 153 Å². The summed E-state index contributed by atoms with van der Waals surface area (Å²) < 4.78 is 5.12. The molecule has 25 heavy (non-hydrogen) atoms. The number of nitrogens with one attached hydrogen (secondary N) is 1. The first-order valence-corrected chi connectivity index (χ1v) is 8.05. The lowest BCUT2D eigenvalue weighted by Crippen LogP contribution is -2.21. The zero-order valence-corrected chi connectivity index (χ0v) is 14.6. The summed E-state index contributed by atoms with van der Waals surface area (Å²) >= 11 is 12.1. The number of benzene rings is 2. The third-order valence-electron chi connectivity index (χ3n) is 3.89. The smallest absolute Gasteiger partial charge is 0.293 e. The number of ether oxygens (including phenoxy) is 1. The van der Waals surface area contributed by atoms with Crippen molar-refractivity contribution in [3.05, 3.63) is 69.2 Å². The maximum atomic E-state index is 12.3. The van der Waals surface area contributed by atoms with Gasteiger partial charge in [0.15, 0.2) is 0 Å². The van der Waals surface area contributed by atoms with E-state index in [1.807, 2.05) is 0 Å². The normalized spacial score (nSPS) is 18.9. The number of Topliss-reactive ketones (excluding diaryl/α,β-unsaturated/α-hetero) is 1. The zero-order valence-electron chi connectivity index (χ0n) is 13.0. The SMILES string of the molecule is COc1cccc(C(O)=C2C(=O)C(=O)NC2c2ccc(Cl)cc2Cl)c1. The van der Waals surface area contributed by atoms with Gasteiger partial charge in [-0.25, -0.2) is 0 Å². The number of carbonyl (C=O) groups excluding carboxylic acids is 2. The number of carbonyl (C=O) groups is 2. The summed E-state index contributed by atoms with van der Waals surface area (Å²) in [6.45, 7) is 0. The monoisotopic (exact) mass is 377 g/mol. The average molecular weight is 378 g/mol. The van der Waals surface area contributed by atoms with Crippen molar-refractivity contribution in [1.29, 1.82) is 0 Å². The predicted molar refractivity (Wildman–Crippen MR) is 94.9 cm³/mol. The van der Waals surface area contributed by atoms with E-state index in [0.29, 0.717) is 21.9 Å². The second-order valence-electron chi connectivity index (χ2n) is 5.40. The van der Waals surface area contributed by atoms with Gasteiger partial charge in [-0.2, -0.15) is 0 Å². The van der Waals surface area contributed by atoms with E-state index in [1.54, 1.807) is 36.4 Å². The van der Waals surface area contributed by atoms with Crippen molar-refractivity contribution in [1.82, 2.24) is 5.32 Å². The molecule has 0 radical (unpaired) electrons. The lowest BCUT2D eigenvalue weighted by atomic mass is 9.96. The molecule has 0 bridgehead atoms. The van der Waals surface area contributed by atoms with Crippen LogP contribution in [0.15, 0.2) is 48.0 Å². The van der Waals surface area contributed by atoms with Crippen LogP contribution in [0.3, 0.4) is 0 Å². The lowest BCUT2D eigenvalue weighted by Gasteiger charge is -2.15. The molecule has 1 aliphatic rings. The van der Waals surface area contributed by atoms with Gasteiger partial charge in [0.1, 0.15) is 11.5 Å². The van der Waals surface area contributed by atoms with Gasteiger partial charge in [0, 0.05) is 15.6 Å². The molecule has 1 saturated heterocycles. The van der Waals surface area contributed by atoms with Crippen molar-refractivity contribution >= 4 is 40.7 Å². The fourth-order valence-electron chi connectivity index (χ4n) is 2.66. The molecule has 0 aliphatic carbocycles. The second-order valence-corrected chi connectivity index (χ2v) is 6.24. The highest BCUT2D eigenvalue weighted by Crippen LogP contribution is 2.37. The van der Waals surface area contributed by atoms with Crippen LogP contribution in [0.5, 0.6) is 5.75 Å². The molecule has 1 atom stereocenters. The van der Waals surface area contributed by atoms with E-state index in [-0.39, 0.29) is 16.4 Å². The summed E-state index contributed by atoms with van der Waals surface area (Å²) in [7, 11) is 1.49. The van der Waals surface area contributed by atoms with E-state index in [9.17, 15) is 14.7 Å². The topological polar surface area (TPSA) is 75.6 Å². The maximum absolute atomic E-state index is 12.3. The van der Waals surface area contributed by atoms with Crippen molar-refractivity contribution < 1.29 is 19.4 Å². The highest BCUT2D eigenvalue weighted by atomic mass is 35.5. The summed E-state index contributed by atoms with van der Waals surface area (Å²) in [5.41, 5.74) is 0.756. The summed E-state index contributed by atoms with van der Waals surface area (Å²) in [6, 6.07) is 10.4. The fourth-order valence-corrected chi connectivity index (χ4v) is 3.18. The minimum absolute atomic E-state index is 0.0672. The number of ketones is 1. The molecule has 0 spiro atoms. The average Bonchev–Trinajstić information content (AvgIpc) is 2.89. The molecule has 5 nitrogen and oxygen atoms in total. The molecular formula is C18H13Cl2NO4. The molecule has 1 heterocycles. The van der Waals surface area contributed by atoms with Gasteiger partial charge in [0.05, 0.1) is 18.7 Å². The molecule has 2 aromatic rings. The van der Waals surface area contributed by atoms with Gasteiger partial charge in [0.2, 0.25) is 0 Å². The van der Waals surface area contributed by atoms with E-state index in [1.165, 1.54) is 13.2 Å². The fraction of sp³-hybridized carbons (Fsp3) is 0.111. The van der Waals surface area contributed by atoms with Crippen LogP contribution in [0, 0.1) is 0 Å². The van der Waals surface area contributed by atoms with Crippen molar-refractivity contribution in [3.8, 4) is 5.75 Å². The molecule has 1 unspecified atom stereocenters. The summed E-state index contributed by atoms with van der Waals surface area (Å²) in [4.78, 5) is 24.2. The van der Waals surface area contributed by atoms with Crippen LogP contribution in [0.1, 0.15) is 17.2 Å². The highest BCUT2D eigenvalue weighted by molar-refractivity contribution is 6.47. The van der Waals surface area contributed by atoms with Gasteiger partial charge in [-0.15, -0.1) is 0 Å². The Morgan fingerprint density at radius 3 is 2.60 bits per heavy atom. The number of halogens is 2. The number of hydrogen-bond acceptors (Lipinski definition) is 4. The minimum Gasteiger partial charge on any atom is -0.507 e. The molecule has 3 rings (SSSR count). The van der Waals surface area contributed by atoms with Gasteiger partial charge in [-0.05, 0) is 29.8 Å². The first kappa shape index (κ1) is 17.3. The Hall–Kier alpha value is -2.50. The molecule has 2 N–H and O–H groups in total. The standard InChI is InChI=1S/C18H13Cl2NO4/c1-25-11-4-2-3-9(7-11)16(22)14-15(21-18(24)17(14)23)12-6-5-10(19)8-13(12)20/h2-8,15,22H,1H3,(H,21,24). The molecule has 1 amide bonds. The largest absolute Gasteiger partial charge is 0.507 e. The van der Waals surface area contributed by atoms with Crippen LogP contribution >= 0.6 is 23.2 Å². The van der Waals surface area contributed by atoms with Crippen LogP contribution in [-0.4, -0.2) is 23.9 Å². The molecule has 2 aromatic carbocycles. The number of aliphatic hydroxyl groups excluding tert-OH is 1. The quantitative estimate of drug-likeness (QED) is 0.485. The predicted octanol–water partition coefficient (Wildman–Crippen LogP) is 3.71. The first-order chi connectivity index (χ1) is 11.9. The number of methoxy groups -OCH3 is 1. The molecule has 0 saturated carbocycles. The summed E-state index contributed by atoms with van der Waals surface area (Å²) in [5, 5.41) is 13.9. The van der Waals surface area contributed by atoms with Crippen LogP contribution in [0.2, 0.25) is 10.0 Å². The Balaban J connectivity index is 2.15. The summed E-state index contributed by atoms with van der Waals surface area (Å²) in [6.07, 6.45) is 0. The van der Waals surface area contributed by atoms with E-state index in [2.05, 4.69) is 5.32 Å². The Bertz CT molecular complexity index is 908. The number of aliphatic hydroxyl groups is 1. The maximum Gasteiger partial charge on any atom is 0.293 e. The molecular weight excluding hydrogens is 365 g/mol. The van der Waals surface area contributed by atoms with Gasteiger partial charge in [0.25, 0.3) is 11.7 Å². The van der Waals surface area contributed by atoms with E-state index in [4.69, 9.17) is 27.9 Å². The third kappa shape index (κ3) is 3.21. The van der Waals surface area contributed by atoms with Gasteiger partial charge in [-0.1, -0.05) is 41.4 Å². The molecule has 128 valence electrons. The molecule has 1 fully saturated rings. The molecule has 1 aliphatic heterocycles. The van der Waals surface area contributed by atoms with Gasteiger partial charge >= 0.3 is 0 Å². The van der Waals surface area contributed by atoms with Crippen LogP contribution in [0.4, 0.5) is 0 Å². The van der Waals surface area contributed by atoms with Crippen LogP contribution < -0.4 is 10.1 Å². The molecule has 0 aromatic heterocycles. The minimum atomic E-state index is -0.865. The number of amides is 1. The van der Waals surface area contributed by atoms with E-state index >= 15 is 0 Å². The number of hydrogen-bond donors (Lipinski definition) is 2. The lowest BCUT2D eigenvalue weighted by molar-refractivity contribution is -0.133. The zero-order chi connectivity index (χ0) is 18.1. The van der Waals surface area contributed by atoms with Crippen molar-refractivity contribution in [2.45, 2.75) is 6.04 Å². The number of rotatable bonds is 3. The Morgan fingerprint density at radius 1 is 1.16 bits per heavy atom. The Kier molecular flexibility index (Phi) is 4.70. The van der Waals surface area contributed by atoms with Crippen molar-refractivity contribution in [3.63, 3.8) is 0 Å². The van der Waals surface area contributed by atoms with Gasteiger partial charge in [-0.3, -0.25) is 9.59 Å². The van der Waals surface area contributed by atoms with Crippen molar-refractivity contribution in [2.75, 3.05) is 7.11 Å². The third-order valence-corrected chi connectivity index (χ3v) is 4.45. The Morgan fingerprint density at radius 2 is 1.92 bits per heavy atom. The van der Waals surface area contributed by atoms with Crippen molar-refractivity contribution in [2.24, 2.45) is 0 Å². The second kappa shape index (κ2) is 6.78. The summed E-state index contributed by atoms with van der Waals surface area (Å²) in [5.74, 6) is -1.41. The molecule has 7 heteroatoms. The van der Waals surface area contributed by atoms with E-state index < -0.39 is 17.7 Å². The highest BCUT2D eigenvalue weighted by Gasteiger charge is 2.40. The van der Waals surface area contributed by atoms with Crippen LogP contribution in [-0.2, 0) is 9.59 Å². The first-order valence-electron chi connectivity index (χ1n) is 7.30.